The van der Waals surface area contributed by atoms with Gasteiger partial charge in [-0.05, 0) is 37.2 Å². The molecule has 1 saturated heterocycles. The van der Waals surface area contributed by atoms with E-state index in [4.69, 9.17) is 0 Å². The number of carbonyl (C=O) groups is 1. The van der Waals surface area contributed by atoms with Gasteiger partial charge in [-0.3, -0.25) is 4.79 Å². The molecule has 0 radical (unpaired) electrons. The van der Waals surface area contributed by atoms with Crippen LogP contribution in [-0.2, 0) is 4.79 Å². The minimum absolute atomic E-state index is 0.325. The van der Waals surface area contributed by atoms with Gasteiger partial charge in [0.05, 0.1) is 6.42 Å². The van der Waals surface area contributed by atoms with E-state index in [9.17, 15) is 4.79 Å². The van der Waals surface area contributed by atoms with Crippen LogP contribution in [0.4, 0.5) is 0 Å². The lowest BCUT2D eigenvalue weighted by Crippen LogP contribution is -2.13. The molecule has 2 heteroatoms. The van der Waals surface area contributed by atoms with Gasteiger partial charge in [0.2, 0.25) is 0 Å². The van der Waals surface area contributed by atoms with Crippen molar-refractivity contribution in [1.29, 1.82) is 0 Å². The summed E-state index contributed by atoms with van der Waals surface area (Å²) in [4.78, 5) is 11.4. The smallest absolute Gasteiger partial charge is 0.145 e. The maximum atomic E-state index is 11.4. The van der Waals surface area contributed by atoms with Crippen LogP contribution >= 0.6 is 11.8 Å². The molecule has 1 nitrogen and oxygen atoms in total. The van der Waals surface area contributed by atoms with Crippen LogP contribution in [0.5, 0.6) is 0 Å². The third-order valence-electron chi connectivity index (χ3n) is 2.32. The summed E-state index contributed by atoms with van der Waals surface area (Å²) in [6.07, 6.45) is 3.65. The van der Waals surface area contributed by atoms with Crippen LogP contribution in [0.15, 0.2) is 0 Å². The van der Waals surface area contributed by atoms with Crippen LogP contribution in [0.3, 0.4) is 0 Å². The second-order valence-electron chi connectivity index (χ2n) is 3.40. The largest absolute Gasteiger partial charge is 0.299 e. The van der Waals surface area contributed by atoms with Crippen molar-refractivity contribution in [2.24, 2.45) is 5.92 Å². The monoisotopic (exact) mass is 196 g/mol. The van der Waals surface area contributed by atoms with Gasteiger partial charge in [-0.1, -0.05) is 5.92 Å². The Labute approximate surface area is 84.7 Å². The number of thioether (sulfide) groups is 1. The zero-order chi connectivity index (χ0) is 9.52. The average Bonchev–Trinajstić information content (AvgIpc) is 2.16. The molecule has 0 atom stereocenters. The lowest BCUT2D eigenvalue weighted by Gasteiger charge is -2.19. The van der Waals surface area contributed by atoms with Gasteiger partial charge in [-0.2, -0.15) is 11.8 Å². The Morgan fingerprint density at radius 2 is 2.15 bits per heavy atom. The Kier molecular flexibility index (Phi) is 5.00. The summed E-state index contributed by atoms with van der Waals surface area (Å²) in [7, 11) is 0. The molecule has 1 fully saturated rings. The van der Waals surface area contributed by atoms with Crippen LogP contribution in [-0.4, -0.2) is 17.3 Å². The van der Waals surface area contributed by atoms with Crippen molar-refractivity contribution in [3.8, 4) is 11.8 Å². The Balaban J connectivity index is 2.20. The van der Waals surface area contributed by atoms with Crippen LogP contribution in [0.2, 0.25) is 0 Å². The van der Waals surface area contributed by atoms with Gasteiger partial charge in [-0.25, -0.2) is 0 Å². The van der Waals surface area contributed by atoms with E-state index in [0.717, 1.165) is 6.42 Å². The van der Waals surface area contributed by atoms with Gasteiger partial charge < -0.3 is 0 Å². The van der Waals surface area contributed by atoms with E-state index in [1.807, 2.05) is 11.8 Å². The van der Waals surface area contributed by atoms with Crippen LogP contribution in [0.1, 0.15) is 32.6 Å². The van der Waals surface area contributed by atoms with E-state index < -0.39 is 0 Å². The van der Waals surface area contributed by atoms with Crippen molar-refractivity contribution in [1.82, 2.24) is 0 Å². The van der Waals surface area contributed by atoms with Crippen LogP contribution in [0.25, 0.3) is 0 Å². The van der Waals surface area contributed by atoms with Gasteiger partial charge in [0.25, 0.3) is 0 Å². The predicted octanol–water partition coefficient (Wildman–Crippen LogP) is 2.50. The molecule has 1 rings (SSSR count). The van der Waals surface area contributed by atoms with E-state index in [1.165, 1.54) is 24.3 Å². The molecular formula is C11H16OS. The van der Waals surface area contributed by atoms with E-state index in [-0.39, 0.29) is 0 Å². The maximum Gasteiger partial charge on any atom is 0.145 e. The number of rotatable bonds is 3. The number of ketones is 1. The van der Waals surface area contributed by atoms with Crippen molar-refractivity contribution < 1.29 is 4.79 Å². The molecule has 0 aromatic rings. The summed E-state index contributed by atoms with van der Waals surface area (Å²) in [6, 6.07) is 0. The molecule has 0 aromatic carbocycles. The molecular weight excluding hydrogens is 180 g/mol. The minimum Gasteiger partial charge on any atom is -0.299 e. The predicted molar refractivity (Wildman–Crippen MR) is 57.7 cm³/mol. The Bertz CT molecular complexity index is 218. The fraction of sp³-hybridized carbons (Fsp3) is 0.727. The van der Waals surface area contributed by atoms with Crippen molar-refractivity contribution in [2.75, 3.05) is 11.5 Å². The van der Waals surface area contributed by atoms with Gasteiger partial charge in [0, 0.05) is 6.42 Å². The molecule has 13 heavy (non-hydrogen) atoms. The normalized spacial score (nSPS) is 17.6. The van der Waals surface area contributed by atoms with E-state index in [1.54, 1.807) is 6.92 Å². The Hall–Kier alpha value is -0.420. The van der Waals surface area contributed by atoms with Gasteiger partial charge in [-0.15, -0.1) is 5.92 Å². The maximum absolute atomic E-state index is 11.4. The molecule has 0 saturated carbocycles. The van der Waals surface area contributed by atoms with Gasteiger partial charge in [0.15, 0.2) is 0 Å². The first-order valence-electron chi connectivity index (χ1n) is 4.82. The van der Waals surface area contributed by atoms with Crippen molar-refractivity contribution in [3.05, 3.63) is 0 Å². The van der Waals surface area contributed by atoms with Gasteiger partial charge >= 0.3 is 0 Å². The first kappa shape index (κ1) is 10.7. The minimum atomic E-state index is 0.325. The summed E-state index contributed by atoms with van der Waals surface area (Å²) < 4.78 is 0. The molecule has 1 heterocycles. The Morgan fingerprint density at radius 1 is 1.46 bits per heavy atom. The summed E-state index contributed by atoms with van der Waals surface area (Å²) in [5.74, 6) is 9.03. The molecule has 0 bridgehead atoms. The molecule has 0 unspecified atom stereocenters. The van der Waals surface area contributed by atoms with E-state index >= 15 is 0 Å². The lowest BCUT2D eigenvalue weighted by atomic mass is 9.95. The molecule has 72 valence electrons. The van der Waals surface area contributed by atoms with E-state index in [0.29, 0.717) is 18.1 Å². The standard InChI is InChI=1S/C11H16OS/c1-2-3-4-11(12)9-10-5-7-13-8-6-10/h10H,4-9H2,1H3. The molecule has 0 spiro atoms. The third-order valence-corrected chi connectivity index (χ3v) is 3.37. The quantitative estimate of drug-likeness (QED) is 0.645. The Morgan fingerprint density at radius 3 is 2.77 bits per heavy atom. The summed E-state index contributed by atoms with van der Waals surface area (Å²) in [6.45, 7) is 1.78. The fourth-order valence-electron chi connectivity index (χ4n) is 1.53. The molecule has 1 aliphatic rings. The number of hydrogen-bond acceptors (Lipinski definition) is 2. The highest BCUT2D eigenvalue weighted by molar-refractivity contribution is 7.99. The topological polar surface area (TPSA) is 17.1 Å². The highest BCUT2D eigenvalue weighted by Crippen LogP contribution is 2.25. The van der Waals surface area contributed by atoms with Crippen molar-refractivity contribution in [3.63, 3.8) is 0 Å². The fourth-order valence-corrected chi connectivity index (χ4v) is 2.74. The SMILES string of the molecule is CC#CCC(=O)CC1CCSCC1. The third kappa shape index (κ3) is 4.38. The summed E-state index contributed by atoms with van der Waals surface area (Å²) in [5.41, 5.74) is 0. The average molecular weight is 196 g/mol. The summed E-state index contributed by atoms with van der Waals surface area (Å²) in [5, 5.41) is 0. The highest BCUT2D eigenvalue weighted by atomic mass is 32.2. The second-order valence-corrected chi connectivity index (χ2v) is 4.63. The van der Waals surface area contributed by atoms with Gasteiger partial charge in [0.1, 0.15) is 5.78 Å². The molecule has 1 aliphatic heterocycles. The zero-order valence-corrected chi connectivity index (χ0v) is 8.95. The first-order chi connectivity index (χ1) is 6.33. The van der Waals surface area contributed by atoms with E-state index in [2.05, 4.69) is 11.8 Å². The first-order valence-corrected chi connectivity index (χ1v) is 5.97. The molecule has 0 aromatic heterocycles. The number of carbonyl (C=O) groups excluding carboxylic acids is 1. The number of hydrogen-bond donors (Lipinski definition) is 0. The van der Waals surface area contributed by atoms with Crippen molar-refractivity contribution in [2.45, 2.75) is 32.6 Å². The second kappa shape index (κ2) is 6.10. The zero-order valence-electron chi connectivity index (χ0n) is 8.14. The lowest BCUT2D eigenvalue weighted by molar-refractivity contribution is -0.119. The van der Waals surface area contributed by atoms with Crippen LogP contribution in [0, 0.1) is 17.8 Å². The summed E-state index contributed by atoms with van der Waals surface area (Å²) >= 11 is 2.00. The number of Topliss-reactive ketones (excluding diaryl/α,β-unsaturated/α-hetero) is 1. The molecule has 0 amide bonds. The van der Waals surface area contributed by atoms with Crippen molar-refractivity contribution >= 4 is 17.5 Å². The highest BCUT2D eigenvalue weighted by Gasteiger charge is 2.16. The van der Waals surface area contributed by atoms with Crippen LogP contribution < -0.4 is 0 Å². The molecule has 0 aliphatic carbocycles. The molecule has 0 N–H and O–H groups in total.